The molecule has 2 aromatic heterocycles. The zero-order valence-corrected chi connectivity index (χ0v) is 13.8. The van der Waals surface area contributed by atoms with Crippen molar-refractivity contribution in [1.82, 2.24) is 20.1 Å². The number of rotatable bonds is 5. The lowest BCUT2D eigenvalue weighted by molar-refractivity contribution is -0.121. The van der Waals surface area contributed by atoms with Crippen molar-refractivity contribution in [3.8, 4) is 0 Å². The summed E-state index contributed by atoms with van der Waals surface area (Å²) in [7, 11) is 0. The molecule has 0 fully saturated rings. The largest absolute Gasteiger partial charge is 0.361 e. The number of nitrogens with one attached hydrogen (secondary N) is 2. The summed E-state index contributed by atoms with van der Waals surface area (Å²) in [4.78, 5) is 15.6. The fraction of sp³-hybridized carbons (Fsp3) is 0.333. The summed E-state index contributed by atoms with van der Waals surface area (Å²) in [6.45, 7) is 6.92. The van der Waals surface area contributed by atoms with Crippen LogP contribution < -0.4 is 5.32 Å². The van der Waals surface area contributed by atoms with Crippen molar-refractivity contribution in [3.05, 3.63) is 53.5 Å². The summed E-state index contributed by atoms with van der Waals surface area (Å²) in [6, 6.07) is 6.09. The molecule has 0 saturated heterocycles. The molecule has 0 radical (unpaired) electrons. The number of fused-ring (bicyclic) bond motifs is 1. The minimum atomic E-state index is -0.0465. The number of nitrogens with zero attached hydrogens (tertiary/aromatic N) is 2. The van der Waals surface area contributed by atoms with Crippen LogP contribution >= 0.6 is 0 Å². The first-order valence-corrected chi connectivity index (χ1v) is 7.95. The van der Waals surface area contributed by atoms with Crippen LogP contribution in [0.25, 0.3) is 10.9 Å². The van der Waals surface area contributed by atoms with E-state index in [-0.39, 0.29) is 11.9 Å². The first-order valence-electron chi connectivity index (χ1n) is 7.95. The van der Waals surface area contributed by atoms with Gasteiger partial charge in [0.2, 0.25) is 5.91 Å². The summed E-state index contributed by atoms with van der Waals surface area (Å²) in [5.74, 6) is 0.0177. The molecule has 1 unspecified atom stereocenters. The number of aryl methyl sites for hydroxylation is 2. The Kier molecular flexibility index (Phi) is 4.19. The van der Waals surface area contributed by atoms with Crippen LogP contribution in [0.3, 0.4) is 0 Å². The summed E-state index contributed by atoms with van der Waals surface area (Å²) in [6.07, 6.45) is 6.08. The Balaban J connectivity index is 1.70. The fourth-order valence-electron chi connectivity index (χ4n) is 2.84. The van der Waals surface area contributed by atoms with Crippen LogP contribution in [0.1, 0.15) is 36.6 Å². The van der Waals surface area contributed by atoms with E-state index in [1.165, 1.54) is 5.56 Å². The van der Waals surface area contributed by atoms with Crippen LogP contribution in [0.2, 0.25) is 0 Å². The smallest absolute Gasteiger partial charge is 0.224 e. The molecule has 0 aliphatic rings. The van der Waals surface area contributed by atoms with E-state index in [0.29, 0.717) is 6.42 Å². The molecule has 0 spiro atoms. The lowest BCUT2D eigenvalue weighted by Crippen LogP contribution is -2.27. The van der Waals surface area contributed by atoms with Gasteiger partial charge in [0.25, 0.3) is 0 Å². The number of benzene rings is 1. The number of carbonyl (C=O) groups excluding carboxylic acids is 1. The van der Waals surface area contributed by atoms with E-state index in [4.69, 9.17) is 0 Å². The Labute approximate surface area is 135 Å². The Morgan fingerprint density at radius 3 is 3.00 bits per heavy atom. The second kappa shape index (κ2) is 6.28. The van der Waals surface area contributed by atoms with Gasteiger partial charge in [-0.05, 0) is 31.9 Å². The van der Waals surface area contributed by atoms with Crippen LogP contribution in [0.15, 0.2) is 36.8 Å². The Morgan fingerprint density at radius 1 is 1.43 bits per heavy atom. The number of aromatic amines is 1. The van der Waals surface area contributed by atoms with Crippen LogP contribution in [-0.2, 0) is 17.8 Å². The van der Waals surface area contributed by atoms with E-state index in [1.807, 2.05) is 43.2 Å². The predicted molar refractivity (Wildman–Crippen MR) is 91.2 cm³/mol. The van der Waals surface area contributed by atoms with Crippen molar-refractivity contribution in [2.75, 3.05) is 0 Å². The fourth-order valence-corrected chi connectivity index (χ4v) is 2.84. The van der Waals surface area contributed by atoms with Gasteiger partial charge in [-0.2, -0.15) is 5.10 Å². The van der Waals surface area contributed by atoms with E-state index in [2.05, 4.69) is 34.5 Å². The zero-order chi connectivity index (χ0) is 16.4. The lowest BCUT2D eigenvalue weighted by Gasteiger charge is -2.12. The summed E-state index contributed by atoms with van der Waals surface area (Å²) in [5.41, 5.74) is 4.34. The Bertz CT molecular complexity index is 831. The molecular weight excluding hydrogens is 288 g/mol. The Morgan fingerprint density at radius 2 is 2.26 bits per heavy atom. The van der Waals surface area contributed by atoms with Crippen LogP contribution in [0, 0.1) is 6.92 Å². The average Bonchev–Trinajstić information content (AvgIpc) is 3.15. The molecular formula is C18H22N4O. The van der Waals surface area contributed by atoms with Gasteiger partial charge < -0.3 is 10.3 Å². The molecule has 0 bridgehead atoms. The van der Waals surface area contributed by atoms with Crippen molar-refractivity contribution in [2.24, 2.45) is 0 Å². The van der Waals surface area contributed by atoms with Crippen molar-refractivity contribution in [1.29, 1.82) is 0 Å². The van der Waals surface area contributed by atoms with Gasteiger partial charge in [-0.1, -0.05) is 18.2 Å². The quantitative estimate of drug-likeness (QED) is 0.760. The van der Waals surface area contributed by atoms with Gasteiger partial charge in [-0.3, -0.25) is 9.48 Å². The number of amides is 1. The zero-order valence-electron chi connectivity index (χ0n) is 13.8. The maximum atomic E-state index is 12.3. The molecule has 120 valence electrons. The molecule has 1 aromatic carbocycles. The number of carbonyl (C=O) groups is 1. The molecule has 1 amide bonds. The first-order chi connectivity index (χ1) is 11.1. The topological polar surface area (TPSA) is 62.7 Å². The maximum Gasteiger partial charge on any atom is 0.224 e. The van der Waals surface area contributed by atoms with Gasteiger partial charge in [0.05, 0.1) is 18.7 Å². The van der Waals surface area contributed by atoms with Crippen molar-refractivity contribution >= 4 is 16.8 Å². The molecule has 3 aromatic rings. The third kappa shape index (κ3) is 3.13. The SMILES string of the molecule is CCn1cc(C(C)NC(=O)Cc2c[nH]c3c(C)cccc23)cn1. The van der Waals surface area contributed by atoms with E-state index >= 15 is 0 Å². The van der Waals surface area contributed by atoms with Gasteiger partial charge in [-0.15, -0.1) is 0 Å². The van der Waals surface area contributed by atoms with Gasteiger partial charge in [-0.25, -0.2) is 0 Å². The minimum absolute atomic E-state index is 0.0177. The van der Waals surface area contributed by atoms with Gasteiger partial charge >= 0.3 is 0 Å². The maximum absolute atomic E-state index is 12.3. The third-order valence-corrected chi connectivity index (χ3v) is 4.22. The monoisotopic (exact) mass is 310 g/mol. The highest BCUT2D eigenvalue weighted by Crippen LogP contribution is 2.22. The minimum Gasteiger partial charge on any atom is -0.361 e. The first kappa shape index (κ1) is 15.3. The number of hydrogen-bond acceptors (Lipinski definition) is 2. The summed E-state index contributed by atoms with van der Waals surface area (Å²) in [5, 5.41) is 8.41. The average molecular weight is 310 g/mol. The predicted octanol–water partition coefficient (Wildman–Crippen LogP) is 3.11. The Hall–Kier alpha value is -2.56. The number of hydrogen-bond donors (Lipinski definition) is 2. The van der Waals surface area contributed by atoms with Crippen LogP contribution in [0.4, 0.5) is 0 Å². The van der Waals surface area contributed by atoms with Gasteiger partial charge in [0.15, 0.2) is 0 Å². The summed E-state index contributed by atoms with van der Waals surface area (Å²) >= 11 is 0. The number of H-pyrrole nitrogens is 1. The number of aromatic nitrogens is 3. The second-order valence-electron chi connectivity index (χ2n) is 5.91. The summed E-state index contributed by atoms with van der Waals surface area (Å²) < 4.78 is 1.86. The van der Waals surface area contributed by atoms with Gasteiger partial charge in [0.1, 0.15) is 0 Å². The van der Waals surface area contributed by atoms with Crippen molar-refractivity contribution in [2.45, 2.75) is 39.8 Å². The van der Waals surface area contributed by atoms with Crippen molar-refractivity contribution in [3.63, 3.8) is 0 Å². The lowest BCUT2D eigenvalue weighted by atomic mass is 10.1. The van der Waals surface area contributed by atoms with Crippen molar-refractivity contribution < 1.29 is 4.79 Å². The van der Waals surface area contributed by atoms with E-state index in [1.54, 1.807) is 0 Å². The van der Waals surface area contributed by atoms with Crippen LogP contribution in [-0.4, -0.2) is 20.7 Å². The molecule has 5 nitrogen and oxygen atoms in total. The molecule has 23 heavy (non-hydrogen) atoms. The van der Waals surface area contributed by atoms with E-state index in [0.717, 1.165) is 28.6 Å². The highest BCUT2D eigenvalue weighted by molar-refractivity contribution is 5.90. The second-order valence-corrected chi connectivity index (χ2v) is 5.91. The van der Waals surface area contributed by atoms with Gasteiger partial charge in [0, 0.05) is 35.4 Å². The highest BCUT2D eigenvalue weighted by atomic mass is 16.1. The molecule has 0 aliphatic heterocycles. The molecule has 2 N–H and O–H groups in total. The molecule has 0 aliphatic carbocycles. The molecule has 2 heterocycles. The molecule has 5 heteroatoms. The normalized spacial score (nSPS) is 12.5. The third-order valence-electron chi connectivity index (χ3n) is 4.22. The molecule has 1 atom stereocenters. The number of para-hydroxylation sites is 1. The van der Waals surface area contributed by atoms with E-state index in [9.17, 15) is 4.79 Å². The molecule has 0 saturated carbocycles. The standard InChI is InChI=1S/C18H22N4O/c1-4-22-11-15(10-20-22)13(3)21-17(23)8-14-9-19-18-12(2)6-5-7-16(14)18/h5-7,9-11,13,19H,4,8H2,1-3H3,(H,21,23). The highest BCUT2D eigenvalue weighted by Gasteiger charge is 2.14. The molecule has 3 rings (SSSR count). The van der Waals surface area contributed by atoms with E-state index < -0.39 is 0 Å². The van der Waals surface area contributed by atoms with Crippen LogP contribution in [0.5, 0.6) is 0 Å².